The number of piperazine rings is 1. The summed E-state index contributed by atoms with van der Waals surface area (Å²) in [6, 6.07) is 2.91. The molecule has 1 N–H and O–H groups in total. The topological polar surface area (TPSA) is 130 Å². The van der Waals surface area contributed by atoms with E-state index in [1.807, 2.05) is 4.90 Å². The first kappa shape index (κ1) is 32.9. The van der Waals surface area contributed by atoms with E-state index < -0.39 is 36.4 Å². The molecule has 1 aromatic carbocycles. The van der Waals surface area contributed by atoms with E-state index in [0.29, 0.717) is 42.8 Å². The van der Waals surface area contributed by atoms with Crippen molar-refractivity contribution in [3.05, 3.63) is 35.3 Å². The van der Waals surface area contributed by atoms with E-state index in [1.54, 1.807) is 23.2 Å². The summed E-state index contributed by atoms with van der Waals surface area (Å²) in [5, 5.41) is 11.0. The van der Waals surface area contributed by atoms with E-state index in [4.69, 9.17) is 19.2 Å². The van der Waals surface area contributed by atoms with Gasteiger partial charge in [0.15, 0.2) is 5.82 Å². The van der Waals surface area contributed by atoms with Gasteiger partial charge in [-0.15, -0.1) is 0 Å². The number of hydrogen-bond donors (Lipinski definition) is 1. The van der Waals surface area contributed by atoms with Crippen molar-refractivity contribution in [1.29, 1.82) is 0 Å². The Morgan fingerprint density at radius 1 is 1.08 bits per heavy atom. The van der Waals surface area contributed by atoms with E-state index in [1.165, 1.54) is 6.92 Å². The first-order chi connectivity index (χ1) is 24.1. The largest absolute Gasteiger partial charge is 0.508 e. The molecule has 4 aliphatic heterocycles. The van der Waals surface area contributed by atoms with Crippen LogP contribution in [0.1, 0.15) is 75.8 Å². The molecule has 0 spiro atoms. The van der Waals surface area contributed by atoms with Gasteiger partial charge in [0, 0.05) is 44.7 Å². The van der Waals surface area contributed by atoms with Crippen LogP contribution < -0.4 is 9.64 Å². The highest BCUT2D eigenvalue weighted by Crippen LogP contribution is 2.44. The van der Waals surface area contributed by atoms with Crippen LogP contribution in [0.25, 0.3) is 22.2 Å². The van der Waals surface area contributed by atoms with Crippen LogP contribution in [0.5, 0.6) is 11.8 Å². The van der Waals surface area contributed by atoms with Gasteiger partial charge >= 0.3 is 18.1 Å². The van der Waals surface area contributed by atoms with Gasteiger partial charge in [0.2, 0.25) is 6.79 Å². The highest BCUT2D eigenvalue weighted by molar-refractivity contribution is 5.92. The van der Waals surface area contributed by atoms with Crippen LogP contribution in [0.4, 0.5) is 19.4 Å². The Morgan fingerprint density at radius 3 is 2.66 bits per heavy atom. The maximum atomic E-state index is 17.0. The van der Waals surface area contributed by atoms with Gasteiger partial charge in [-0.05, 0) is 80.7 Å². The number of esters is 1. The van der Waals surface area contributed by atoms with E-state index in [-0.39, 0.29) is 47.6 Å². The van der Waals surface area contributed by atoms with Gasteiger partial charge in [0.05, 0.1) is 23.0 Å². The summed E-state index contributed by atoms with van der Waals surface area (Å²) in [5.41, 5.74) is 2.23. The molecule has 12 nitrogen and oxygen atoms in total. The Balaban J connectivity index is 1.17. The van der Waals surface area contributed by atoms with Gasteiger partial charge in [0.1, 0.15) is 35.6 Å². The highest BCUT2D eigenvalue weighted by Gasteiger charge is 2.50. The first-order valence-corrected chi connectivity index (χ1v) is 17.7. The molecule has 3 aromatic rings. The average Bonchev–Trinajstić information content (AvgIpc) is 3.70. The third kappa shape index (κ3) is 5.74. The number of carbonyl (C=O) groups is 2. The van der Waals surface area contributed by atoms with Crippen molar-refractivity contribution in [3.8, 4) is 23.0 Å². The maximum Gasteiger partial charge on any atom is 0.413 e. The lowest BCUT2D eigenvalue weighted by Crippen LogP contribution is -2.56. The molecule has 4 saturated heterocycles. The number of rotatable bonds is 7. The number of aromatic nitrogens is 3. The number of benzene rings is 1. The van der Waals surface area contributed by atoms with Crippen LogP contribution in [-0.4, -0.2) is 105 Å². The fourth-order valence-electron chi connectivity index (χ4n) is 9.20. The average molecular weight is 693 g/mol. The Morgan fingerprint density at radius 2 is 1.88 bits per heavy atom. The van der Waals surface area contributed by atoms with Crippen molar-refractivity contribution in [2.75, 3.05) is 44.5 Å². The number of aromatic hydroxyl groups is 1. The van der Waals surface area contributed by atoms with Crippen LogP contribution in [0.15, 0.2) is 18.3 Å². The predicted molar refractivity (Wildman–Crippen MR) is 178 cm³/mol. The molecular weight excluding hydrogens is 650 g/mol. The fraction of sp³-hybridized carbons (Fsp3) is 0.583. The number of phenolic OH excluding ortho intramolecular Hbond substituents is 1. The molecule has 0 saturated carbocycles. The zero-order chi connectivity index (χ0) is 34.7. The molecule has 5 aliphatic rings. The number of hydrogen-bond acceptors (Lipinski definition) is 11. The number of ether oxygens (including phenoxy) is 3. The third-order valence-corrected chi connectivity index (χ3v) is 11.4. The number of anilines is 1. The maximum absolute atomic E-state index is 17.0. The van der Waals surface area contributed by atoms with Crippen LogP contribution in [0.2, 0.25) is 0 Å². The quantitative estimate of drug-likeness (QED) is 0.258. The molecule has 1 aliphatic carbocycles. The standard InChI is InChI=1S/C36H42F2N6O6/c1-20-5-3-6-22-11-26(46)12-27(29(20)22)31-30(38)32-28(14-39-31)33(41-34(40-32)48-18-36-9-4-10-43(36)15-23(37)13-36)42-16-24-7-8-25(17-42)44(24)35(47)50-19-49-21(2)45/h11-12,14,20,23-25,46H,3-10,13,15-19H2,1-2H3/t20?,23-,24-,25+,36+/m1/s1. The van der Waals surface area contributed by atoms with Gasteiger partial charge in [0.25, 0.3) is 0 Å². The number of fused-ring (bicyclic) bond motifs is 5. The van der Waals surface area contributed by atoms with E-state index >= 15 is 4.39 Å². The number of alkyl halides is 1. The Labute approximate surface area is 288 Å². The molecule has 50 heavy (non-hydrogen) atoms. The molecule has 2 bridgehead atoms. The number of halogens is 2. The molecular formula is C36H42F2N6O6. The number of nitrogens with zero attached hydrogens (tertiary/aromatic N) is 6. The van der Waals surface area contributed by atoms with Crippen molar-refractivity contribution in [1.82, 2.24) is 24.8 Å². The highest BCUT2D eigenvalue weighted by atomic mass is 19.1. The zero-order valence-corrected chi connectivity index (χ0v) is 28.4. The van der Waals surface area contributed by atoms with Crippen molar-refractivity contribution in [2.24, 2.45) is 0 Å². The van der Waals surface area contributed by atoms with Gasteiger partial charge < -0.3 is 24.2 Å². The lowest BCUT2D eigenvalue weighted by Gasteiger charge is -2.41. The van der Waals surface area contributed by atoms with Crippen molar-refractivity contribution < 1.29 is 37.7 Å². The minimum absolute atomic E-state index is 0.00560. The molecule has 1 amide bonds. The third-order valence-electron chi connectivity index (χ3n) is 11.4. The summed E-state index contributed by atoms with van der Waals surface area (Å²) in [6.07, 6.45) is 6.42. The molecule has 2 aromatic heterocycles. The number of phenols is 1. The number of aryl methyl sites for hydroxylation is 1. The Bertz CT molecular complexity index is 1830. The van der Waals surface area contributed by atoms with E-state index in [2.05, 4.69) is 21.8 Å². The van der Waals surface area contributed by atoms with Crippen molar-refractivity contribution in [2.45, 2.75) is 94.9 Å². The molecule has 8 rings (SSSR count). The van der Waals surface area contributed by atoms with E-state index in [9.17, 15) is 19.1 Å². The van der Waals surface area contributed by atoms with Crippen LogP contribution >= 0.6 is 0 Å². The smallest absolute Gasteiger partial charge is 0.413 e. The molecule has 0 radical (unpaired) electrons. The molecule has 266 valence electrons. The minimum Gasteiger partial charge on any atom is -0.508 e. The summed E-state index contributed by atoms with van der Waals surface area (Å²) in [7, 11) is 0. The molecule has 14 heteroatoms. The first-order valence-electron chi connectivity index (χ1n) is 17.7. The van der Waals surface area contributed by atoms with Gasteiger partial charge in [-0.3, -0.25) is 19.6 Å². The lowest BCUT2D eigenvalue weighted by atomic mass is 9.80. The number of carbonyl (C=O) groups excluding carboxylic acids is 2. The Kier molecular flexibility index (Phi) is 8.39. The van der Waals surface area contributed by atoms with Crippen molar-refractivity contribution in [3.63, 3.8) is 0 Å². The minimum atomic E-state index is -0.929. The SMILES string of the molecule is CC(=O)OCOC(=O)N1[C@@H]2CC[C@H]1CN(c1nc(OC[C@@]34CCCN3C[C@H](F)C4)nc3c(F)c(-c4cc(O)cc5c4C(C)CCC5)ncc13)C2. The van der Waals surface area contributed by atoms with Crippen LogP contribution in [-0.2, 0) is 20.7 Å². The summed E-state index contributed by atoms with van der Waals surface area (Å²) >= 11 is 0. The van der Waals surface area contributed by atoms with Crippen LogP contribution in [0.3, 0.4) is 0 Å². The second-order valence-electron chi connectivity index (χ2n) is 14.6. The molecule has 5 atom stereocenters. The fourth-order valence-corrected chi connectivity index (χ4v) is 9.20. The zero-order valence-electron chi connectivity index (χ0n) is 28.4. The van der Waals surface area contributed by atoms with E-state index in [0.717, 1.165) is 62.6 Å². The van der Waals surface area contributed by atoms with Crippen LogP contribution in [0, 0.1) is 5.82 Å². The predicted octanol–water partition coefficient (Wildman–Crippen LogP) is 5.24. The Hall–Kier alpha value is -4.33. The molecule has 1 unspecified atom stereocenters. The number of amides is 1. The lowest BCUT2D eigenvalue weighted by molar-refractivity contribution is -0.149. The summed E-state index contributed by atoms with van der Waals surface area (Å²) in [4.78, 5) is 44.1. The summed E-state index contributed by atoms with van der Waals surface area (Å²) < 4.78 is 47.8. The van der Waals surface area contributed by atoms with Gasteiger partial charge in [-0.2, -0.15) is 9.97 Å². The number of pyridine rings is 1. The molecule has 6 heterocycles. The molecule has 4 fully saturated rings. The second kappa shape index (κ2) is 12.8. The van der Waals surface area contributed by atoms with Gasteiger partial charge in [-0.25, -0.2) is 13.6 Å². The normalized spacial score (nSPS) is 27.4. The second-order valence-corrected chi connectivity index (χ2v) is 14.6. The van der Waals surface area contributed by atoms with Crippen molar-refractivity contribution >= 4 is 28.8 Å². The monoisotopic (exact) mass is 692 g/mol. The summed E-state index contributed by atoms with van der Waals surface area (Å²) in [6.45, 7) is 5.05. The summed E-state index contributed by atoms with van der Waals surface area (Å²) in [5.74, 6) is -0.515. The van der Waals surface area contributed by atoms with Gasteiger partial charge in [-0.1, -0.05) is 6.92 Å².